The lowest BCUT2D eigenvalue weighted by Crippen LogP contribution is -2.30. The summed E-state index contributed by atoms with van der Waals surface area (Å²) in [6.45, 7) is 6.69. The quantitative estimate of drug-likeness (QED) is 0.0261. The summed E-state index contributed by atoms with van der Waals surface area (Å²) in [5.41, 5.74) is 0. The lowest BCUT2D eigenvalue weighted by atomic mass is 10.0. The van der Waals surface area contributed by atoms with Gasteiger partial charge in [-0.25, -0.2) is 0 Å². The monoisotopic (exact) mass is 1070 g/mol. The molecule has 0 aromatic rings. The molecular formula is C70H132O6. The molecule has 0 saturated heterocycles. The molecule has 0 aliphatic heterocycles. The molecule has 0 aliphatic rings. The predicted molar refractivity (Wildman–Crippen MR) is 330 cm³/mol. The minimum Gasteiger partial charge on any atom is -0.462 e. The van der Waals surface area contributed by atoms with Gasteiger partial charge in [-0.2, -0.15) is 0 Å². The molecule has 6 nitrogen and oxygen atoms in total. The zero-order chi connectivity index (χ0) is 55.0. The number of allylic oxidation sites excluding steroid dienone is 4. The second-order valence-corrected chi connectivity index (χ2v) is 23.4. The molecule has 0 rings (SSSR count). The van der Waals surface area contributed by atoms with Crippen molar-refractivity contribution in [1.29, 1.82) is 0 Å². The van der Waals surface area contributed by atoms with Crippen LogP contribution in [0.3, 0.4) is 0 Å². The first-order valence-electron chi connectivity index (χ1n) is 34.3. The number of esters is 3. The molecule has 1 unspecified atom stereocenters. The van der Waals surface area contributed by atoms with Gasteiger partial charge in [-0.05, 0) is 70.6 Å². The summed E-state index contributed by atoms with van der Waals surface area (Å²) in [6.07, 6.45) is 79.3. The normalized spacial score (nSPS) is 12.1. The van der Waals surface area contributed by atoms with Gasteiger partial charge in [0.2, 0.25) is 0 Å². The second kappa shape index (κ2) is 65.4. The second-order valence-electron chi connectivity index (χ2n) is 23.4. The lowest BCUT2D eigenvalue weighted by Gasteiger charge is -2.18. The topological polar surface area (TPSA) is 78.9 Å². The molecule has 76 heavy (non-hydrogen) atoms. The van der Waals surface area contributed by atoms with Crippen molar-refractivity contribution in [3.63, 3.8) is 0 Å². The number of hydrogen-bond donors (Lipinski definition) is 0. The Balaban J connectivity index is 4.09. The first-order chi connectivity index (χ1) is 37.5. The molecule has 6 heteroatoms. The van der Waals surface area contributed by atoms with Crippen LogP contribution in [0.2, 0.25) is 0 Å². The highest BCUT2D eigenvalue weighted by Gasteiger charge is 2.19. The highest BCUT2D eigenvalue weighted by atomic mass is 16.6. The van der Waals surface area contributed by atoms with Crippen LogP contribution < -0.4 is 0 Å². The van der Waals surface area contributed by atoms with Gasteiger partial charge in [0, 0.05) is 19.3 Å². The first kappa shape index (κ1) is 73.9. The minimum absolute atomic E-state index is 0.0686. The Morgan fingerprint density at radius 1 is 0.250 bits per heavy atom. The standard InChI is InChI=1S/C70H132O6/c1-4-7-10-13-16-19-22-25-27-28-29-30-31-32-33-34-35-36-37-38-39-40-41-42-44-45-48-51-54-57-60-63-69(72)75-66-67(65-74-68(71)62-59-56-53-50-47-24-21-18-15-12-9-6-3)76-70(73)64-61-58-55-52-49-46-43-26-23-20-17-14-11-8-5-2/h26,28-29,43,67H,4-25,27,30-42,44-66H2,1-3H3/b29-28-,43-26-. The van der Waals surface area contributed by atoms with Crippen molar-refractivity contribution in [3.8, 4) is 0 Å². The van der Waals surface area contributed by atoms with Crippen LogP contribution in [0.1, 0.15) is 387 Å². The summed E-state index contributed by atoms with van der Waals surface area (Å²) in [5.74, 6) is -0.850. The van der Waals surface area contributed by atoms with Crippen molar-refractivity contribution >= 4 is 17.9 Å². The molecule has 0 aliphatic carbocycles. The van der Waals surface area contributed by atoms with Crippen molar-refractivity contribution in [2.75, 3.05) is 13.2 Å². The number of hydrogen-bond acceptors (Lipinski definition) is 6. The van der Waals surface area contributed by atoms with Gasteiger partial charge in [0.1, 0.15) is 13.2 Å². The Kier molecular flexibility index (Phi) is 63.6. The molecule has 0 saturated carbocycles. The maximum atomic E-state index is 12.9. The Morgan fingerprint density at radius 2 is 0.434 bits per heavy atom. The van der Waals surface area contributed by atoms with Gasteiger partial charge < -0.3 is 14.2 Å². The summed E-state index contributed by atoms with van der Waals surface area (Å²) in [5, 5.41) is 0. The van der Waals surface area contributed by atoms with Gasteiger partial charge in [-0.3, -0.25) is 14.4 Å². The van der Waals surface area contributed by atoms with Crippen molar-refractivity contribution in [2.45, 2.75) is 393 Å². The first-order valence-corrected chi connectivity index (χ1v) is 34.3. The van der Waals surface area contributed by atoms with Gasteiger partial charge in [0.15, 0.2) is 6.10 Å². The van der Waals surface area contributed by atoms with E-state index in [1.54, 1.807) is 0 Å². The number of carbonyl (C=O) groups excluding carboxylic acids is 3. The van der Waals surface area contributed by atoms with Gasteiger partial charge >= 0.3 is 17.9 Å². The third kappa shape index (κ3) is 62.7. The molecule has 448 valence electrons. The average Bonchev–Trinajstić information content (AvgIpc) is 3.42. The maximum Gasteiger partial charge on any atom is 0.306 e. The van der Waals surface area contributed by atoms with Crippen LogP contribution in [0.25, 0.3) is 0 Å². The van der Waals surface area contributed by atoms with Crippen LogP contribution >= 0.6 is 0 Å². The van der Waals surface area contributed by atoms with Crippen LogP contribution in [0.5, 0.6) is 0 Å². The van der Waals surface area contributed by atoms with E-state index in [0.29, 0.717) is 19.3 Å². The average molecular weight is 1070 g/mol. The van der Waals surface area contributed by atoms with Crippen LogP contribution in [0.4, 0.5) is 0 Å². The number of rotatable bonds is 64. The van der Waals surface area contributed by atoms with Gasteiger partial charge in [0.25, 0.3) is 0 Å². The van der Waals surface area contributed by atoms with Crippen molar-refractivity contribution in [2.24, 2.45) is 0 Å². The zero-order valence-corrected chi connectivity index (χ0v) is 51.6. The molecular weight excluding hydrogens is 937 g/mol. The third-order valence-electron chi connectivity index (χ3n) is 15.7. The van der Waals surface area contributed by atoms with E-state index in [4.69, 9.17) is 14.2 Å². The van der Waals surface area contributed by atoms with Crippen LogP contribution in [0, 0.1) is 0 Å². The summed E-state index contributed by atoms with van der Waals surface area (Å²) in [7, 11) is 0. The van der Waals surface area contributed by atoms with E-state index in [2.05, 4.69) is 45.1 Å². The van der Waals surface area contributed by atoms with E-state index in [0.717, 1.165) is 64.2 Å². The molecule has 0 amide bonds. The van der Waals surface area contributed by atoms with Crippen LogP contribution in [-0.4, -0.2) is 37.2 Å². The summed E-state index contributed by atoms with van der Waals surface area (Å²) < 4.78 is 16.9. The van der Waals surface area contributed by atoms with Crippen LogP contribution in [-0.2, 0) is 28.6 Å². The fraction of sp³-hybridized carbons (Fsp3) is 0.900. The number of ether oxygens (including phenoxy) is 3. The minimum atomic E-state index is -0.771. The number of carbonyl (C=O) groups is 3. The Morgan fingerprint density at radius 3 is 0.658 bits per heavy atom. The zero-order valence-electron chi connectivity index (χ0n) is 51.6. The molecule has 0 spiro atoms. The van der Waals surface area contributed by atoms with E-state index in [1.807, 2.05) is 0 Å². The lowest BCUT2D eigenvalue weighted by molar-refractivity contribution is -0.167. The van der Waals surface area contributed by atoms with E-state index < -0.39 is 6.10 Å². The van der Waals surface area contributed by atoms with Gasteiger partial charge in [-0.1, -0.05) is 321 Å². The van der Waals surface area contributed by atoms with E-state index in [-0.39, 0.29) is 31.1 Å². The van der Waals surface area contributed by atoms with Crippen molar-refractivity contribution in [3.05, 3.63) is 24.3 Å². The SMILES string of the molecule is CCCCCCCC/C=C\CCCCCCCC(=O)OC(COC(=O)CCCCCCCCCCCCCC)COC(=O)CCCCCCCCCCCCCCCCCCCCC/C=C\CCCCCCCCCC. The van der Waals surface area contributed by atoms with E-state index >= 15 is 0 Å². The van der Waals surface area contributed by atoms with E-state index in [9.17, 15) is 14.4 Å². The number of unbranched alkanes of at least 4 members (excludes halogenated alkanes) is 49. The predicted octanol–water partition coefficient (Wildman–Crippen LogP) is 23.4. The molecule has 0 radical (unpaired) electrons. The largest absolute Gasteiger partial charge is 0.462 e. The Bertz CT molecular complexity index is 1230. The maximum absolute atomic E-state index is 12.9. The molecule has 0 aromatic carbocycles. The fourth-order valence-corrected chi connectivity index (χ4v) is 10.5. The van der Waals surface area contributed by atoms with E-state index in [1.165, 1.54) is 283 Å². The molecule has 0 bridgehead atoms. The van der Waals surface area contributed by atoms with Gasteiger partial charge in [0.05, 0.1) is 0 Å². The summed E-state index contributed by atoms with van der Waals surface area (Å²) in [6, 6.07) is 0. The summed E-state index contributed by atoms with van der Waals surface area (Å²) >= 11 is 0. The smallest absolute Gasteiger partial charge is 0.306 e. The van der Waals surface area contributed by atoms with Crippen molar-refractivity contribution < 1.29 is 28.6 Å². The molecule has 0 heterocycles. The molecule has 0 fully saturated rings. The highest BCUT2D eigenvalue weighted by molar-refractivity contribution is 5.71. The Hall–Kier alpha value is -2.11. The molecule has 0 N–H and O–H groups in total. The van der Waals surface area contributed by atoms with Crippen molar-refractivity contribution in [1.82, 2.24) is 0 Å². The van der Waals surface area contributed by atoms with Gasteiger partial charge in [-0.15, -0.1) is 0 Å². The highest BCUT2D eigenvalue weighted by Crippen LogP contribution is 2.18. The molecule has 0 aromatic heterocycles. The summed E-state index contributed by atoms with van der Waals surface area (Å²) in [4.78, 5) is 38.3. The Labute approximate surface area is 474 Å². The van der Waals surface area contributed by atoms with Crippen LogP contribution in [0.15, 0.2) is 24.3 Å². The fourth-order valence-electron chi connectivity index (χ4n) is 10.5. The third-order valence-corrected chi connectivity index (χ3v) is 15.7. The molecule has 1 atom stereocenters.